The summed E-state index contributed by atoms with van der Waals surface area (Å²) in [6.45, 7) is 1.60. The van der Waals surface area contributed by atoms with E-state index in [0.29, 0.717) is 0 Å². The van der Waals surface area contributed by atoms with Crippen molar-refractivity contribution >= 4 is 23.2 Å². The van der Waals surface area contributed by atoms with Gasteiger partial charge in [-0.1, -0.05) is 0 Å². The van der Waals surface area contributed by atoms with Gasteiger partial charge in [0.2, 0.25) is 0 Å². The standard InChI is InChI=1S/C4H10N4OS/c1-2(3(9)8-6)7-4(5)10/h2H,6H2,1H3,(H,8,9)(H3,5,7,10). The van der Waals surface area contributed by atoms with E-state index in [9.17, 15) is 4.79 Å². The number of nitrogens with one attached hydrogen (secondary N) is 2. The summed E-state index contributed by atoms with van der Waals surface area (Å²) in [5.41, 5.74) is 7.04. The number of carbonyl (C=O) groups excluding carboxylic acids is 1. The second kappa shape index (κ2) is 4.02. The fourth-order valence-corrected chi connectivity index (χ4v) is 0.581. The van der Waals surface area contributed by atoms with Crippen LogP contribution in [0.3, 0.4) is 0 Å². The predicted octanol–water partition coefficient (Wildman–Crippen LogP) is -1.80. The lowest BCUT2D eigenvalue weighted by Gasteiger charge is -2.10. The van der Waals surface area contributed by atoms with E-state index in [0.717, 1.165) is 0 Å². The molecule has 10 heavy (non-hydrogen) atoms. The van der Waals surface area contributed by atoms with E-state index in [-0.39, 0.29) is 11.0 Å². The van der Waals surface area contributed by atoms with E-state index in [2.05, 4.69) is 17.5 Å². The van der Waals surface area contributed by atoms with E-state index in [1.807, 2.05) is 5.43 Å². The van der Waals surface area contributed by atoms with Crippen molar-refractivity contribution in [1.29, 1.82) is 0 Å². The molecule has 0 aliphatic rings. The van der Waals surface area contributed by atoms with E-state index in [1.54, 1.807) is 6.92 Å². The molecule has 0 aromatic carbocycles. The zero-order chi connectivity index (χ0) is 8.15. The monoisotopic (exact) mass is 162 g/mol. The van der Waals surface area contributed by atoms with E-state index in [4.69, 9.17) is 11.6 Å². The van der Waals surface area contributed by atoms with Crippen molar-refractivity contribution in [3.63, 3.8) is 0 Å². The second-order valence-corrected chi connectivity index (χ2v) is 2.18. The largest absolute Gasteiger partial charge is 0.376 e. The van der Waals surface area contributed by atoms with Crippen LogP contribution in [-0.4, -0.2) is 17.1 Å². The molecule has 1 atom stereocenters. The van der Waals surface area contributed by atoms with Crippen LogP contribution in [0, 0.1) is 0 Å². The molecule has 0 saturated carbocycles. The molecule has 0 heterocycles. The van der Waals surface area contributed by atoms with Gasteiger partial charge >= 0.3 is 0 Å². The average molecular weight is 162 g/mol. The summed E-state index contributed by atoms with van der Waals surface area (Å²) in [6, 6.07) is -0.484. The highest BCUT2D eigenvalue weighted by Crippen LogP contribution is 1.77. The Balaban J connectivity index is 3.72. The van der Waals surface area contributed by atoms with Gasteiger partial charge in [-0.2, -0.15) is 0 Å². The minimum Gasteiger partial charge on any atom is -0.376 e. The van der Waals surface area contributed by atoms with Gasteiger partial charge in [-0.25, -0.2) is 5.84 Å². The van der Waals surface area contributed by atoms with Gasteiger partial charge in [-0.15, -0.1) is 0 Å². The third-order valence-corrected chi connectivity index (χ3v) is 1.01. The molecule has 0 aromatic heterocycles. The predicted molar refractivity (Wildman–Crippen MR) is 41.7 cm³/mol. The van der Waals surface area contributed by atoms with Crippen LogP contribution in [0.15, 0.2) is 0 Å². The van der Waals surface area contributed by atoms with Crippen LogP contribution in [0.4, 0.5) is 0 Å². The molecular weight excluding hydrogens is 152 g/mol. The summed E-state index contributed by atoms with van der Waals surface area (Å²) in [6.07, 6.45) is 0. The van der Waals surface area contributed by atoms with E-state index < -0.39 is 6.04 Å². The SMILES string of the molecule is CC(NC(N)=S)C(=O)NN. The lowest BCUT2D eigenvalue weighted by atomic mass is 10.3. The topological polar surface area (TPSA) is 93.2 Å². The maximum absolute atomic E-state index is 10.6. The highest BCUT2D eigenvalue weighted by atomic mass is 32.1. The number of hydrazine groups is 1. The number of amides is 1. The third kappa shape index (κ3) is 3.21. The summed E-state index contributed by atoms with van der Waals surface area (Å²) in [7, 11) is 0. The van der Waals surface area contributed by atoms with Crippen LogP contribution in [0.5, 0.6) is 0 Å². The highest BCUT2D eigenvalue weighted by molar-refractivity contribution is 7.80. The van der Waals surface area contributed by atoms with Gasteiger partial charge in [-0.05, 0) is 19.1 Å². The first-order valence-corrected chi connectivity index (χ1v) is 3.05. The number of rotatable bonds is 2. The first kappa shape index (κ1) is 9.12. The first-order chi connectivity index (χ1) is 4.57. The molecule has 58 valence electrons. The molecule has 0 saturated heterocycles. The van der Waals surface area contributed by atoms with E-state index in [1.165, 1.54) is 0 Å². The normalized spacial score (nSPS) is 11.8. The van der Waals surface area contributed by atoms with Gasteiger partial charge in [0.25, 0.3) is 5.91 Å². The van der Waals surface area contributed by atoms with Crippen molar-refractivity contribution in [2.45, 2.75) is 13.0 Å². The Labute approximate surface area is 64.1 Å². The third-order valence-electron chi connectivity index (χ3n) is 0.894. The quantitative estimate of drug-likeness (QED) is 0.166. The second-order valence-electron chi connectivity index (χ2n) is 1.74. The summed E-state index contributed by atoms with van der Waals surface area (Å²) < 4.78 is 0. The molecule has 5 nitrogen and oxygen atoms in total. The maximum atomic E-state index is 10.6. The van der Waals surface area contributed by atoms with Gasteiger partial charge in [-0.3, -0.25) is 10.2 Å². The summed E-state index contributed by atoms with van der Waals surface area (Å²) >= 11 is 4.48. The molecule has 0 aliphatic carbocycles. The molecule has 1 unspecified atom stereocenters. The van der Waals surface area contributed by atoms with Crippen LogP contribution < -0.4 is 22.3 Å². The smallest absolute Gasteiger partial charge is 0.256 e. The lowest BCUT2D eigenvalue weighted by molar-refractivity contribution is -0.122. The van der Waals surface area contributed by atoms with Crippen LogP contribution in [0.2, 0.25) is 0 Å². The van der Waals surface area contributed by atoms with Gasteiger partial charge in [0, 0.05) is 0 Å². The molecular formula is C4H10N4OS. The zero-order valence-corrected chi connectivity index (χ0v) is 6.37. The highest BCUT2D eigenvalue weighted by Gasteiger charge is 2.09. The molecule has 0 rings (SSSR count). The maximum Gasteiger partial charge on any atom is 0.256 e. The Hall–Kier alpha value is -0.880. The average Bonchev–Trinajstić information content (AvgIpc) is 1.85. The van der Waals surface area contributed by atoms with Crippen LogP contribution >= 0.6 is 12.2 Å². The van der Waals surface area contributed by atoms with Crippen molar-refractivity contribution in [3.8, 4) is 0 Å². The summed E-state index contributed by atoms with van der Waals surface area (Å²) in [5, 5.41) is 2.59. The molecule has 1 amide bonds. The number of carbonyl (C=O) groups is 1. The van der Waals surface area contributed by atoms with E-state index >= 15 is 0 Å². The molecule has 6 heteroatoms. The Kier molecular flexibility index (Phi) is 3.67. The first-order valence-electron chi connectivity index (χ1n) is 2.64. The minimum absolute atomic E-state index is 0.0797. The molecule has 0 aromatic rings. The van der Waals surface area contributed by atoms with Crippen molar-refractivity contribution < 1.29 is 4.79 Å². The Morgan fingerprint density at radius 2 is 2.20 bits per heavy atom. The Morgan fingerprint density at radius 3 is 2.50 bits per heavy atom. The molecule has 0 fully saturated rings. The van der Waals surface area contributed by atoms with Gasteiger partial charge in [0.05, 0.1) is 0 Å². The minimum atomic E-state index is -0.484. The Bertz CT molecular complexity index is 148. The van der Waals surface area contributed by atoms with Crippen LogP contribution in [0.25, 0.3) is 0 Å². The van der Waals surface area contributed by atoms with Crippen molar-refractivity contribution in [2.24, 2.45) is 11.6 Å². The molecule has 0 bridgehead atoms. The van der Waals surface area contributed by atoms with Crippen LogP contribution in [-0.2, 0) is 4.79 Å². The molecule has 0 aliphatic heterocycles. The number of hydrogen-bond acceptors (Lipinski definition) is 3. The van der Waals surface area contributed by atoms with Gasteiger partial charge in [0.1, 0.15) is 6.04 Å². The van der Waals surface area contributed by atoms with Gasteiger partial charge < -0.3 is 11.1 Å². The Morgan fingerprint density at radius 1 is 1.70 bits per heavy atom. The summed E-state index contributed by atoms with van der Waals surface area (Å²) in [5.74, 6) is 4.47. The van der Waals surface area contributed by atoms with Crippen molar-refractivity contribution in [2.75, 3.05) is 0 Å². The van der Waals surface area contributed by atoms with Gasteiger partial charge in [0.15, 0.2) is 5.11 Å². The molecule has 0 spiro atoms. The number of nitrogens with two attached hydrogens (primary N) is 2. The number of hydrogen-bond donors (Lipinski definition) is 4. The van der Waals surface area contributed by atoms with Crippen molar-refractivity contribution in [1.82, 2.24) is 10.7 Å². The summed E-state index contributed by atoms with van der Waals surface area (Å²) in [4.78, 5) is 10.6. The number of thiocarbonyl (C=S) groups is 1. The zero-order valence-electron chi connectivity index (χ0n) is 5.55. The molecule has 6 N–H and O–H groups in total. The molecule has 0 radical (unpaired) electrons. The van der Waals surface area contributed by atoms with Crippen molar-refractivity contribution in [3.05, 3.63) is 0 Å². The lowest BCUT2D eigenvalue weighted by Crippen LogP contribution is -2.48. The fourth-order valence-electron chi connectivity index (χ4n) is 0.404. The fraction of sp³-hybridized carbons (Fsp3) is 0.500. The van der Waals surface area contributed by atoms with Crippen LogP contribution in [0.1, 0.15) is 6.92 Å².